The van der Waals surface area contributed by atoms with E-state index in [4.69, 9.17) is 19.6 Å². The van der Waals surface area contributed by atoms with Crippen molar-refractivity contribution >= 4 is 18.4 Å². The summed E-state index contributed by atoms with van der Waals surface area (Å²) in [5, 5.41) is 7.96. The lowest BCUT2D eigenvalue weighted by molar-refractivity contribution is 0.172. The van der Waals surface area contributed by atoms with Crippen LogP contribution >= 0.6 is 0 Å². The minimum absolute atomic E-state index is 0.133. The van der Waals surface area contributed by atoms with Crippen LogP contribution in [0.2, 0.25) is 0 Å². The average molecular weight is 612 g/mol. The van der Waals surface area contributed by atoms with E-state index in [9.17, 15) is 0 Å². The van der Waals surface area contributed by atoms with Gasteiger partial charge in [-0.15, -0.1) is 0 Å². The highest BCUT2D eigenvalue weighted by molar-refractivity contribution is 5.91. The predicted octanol–water partition coefficient (Wildman–Crippen LogP) is 10.0. The minimum Gasteiger partial charge on any atom is -0.494 e. The molecule has 45 heavy (non-hydrogen) atoms. The van der Waals surface area contributed by atoms with E-state index < -0.39 is 11.6 Å². The molecule has 0 atom stereocenters. The maximum atomic E-state index is 15.5. The molecule has 0 radical (unpaired) electrons. The highest BCUT2D eigenvalue weighted by atomic mass is 19.2. The molecular weight excluding hydrogens is 568 g/mol. The molecule has 4 aromatic rings. The first-order chi connectivity index (χ1) is 22.0. The van der Waals surface area contributed by atoms with Crippen LogP contribution in [-0.4, -0.2) is 40.3 Å². The smallest absolute Gasteiger partial charge is 0.167 e. The molecule has 4 rings (SSSR count). The third-order valence-corrected chi connectivity index (χ3v) is 7.79. The zero-order valence-corrected chi connectivity index (χ0v) is 26.3. The summed E-state index contributed by atoms with van der Waals surface area (Å²) in [5.74, 6) is -1.00. The quantitative estimate of drug-likeness (QED) is 0.0692. The van der Waals surface area contributed by atoms with Gasteiger partial charge in [0.15, 0.2) is 11.6 Å². The predicted molar refractivity (Wildman–Crippen MR) is 181 cm³/mol. The van der Waals surface area contributed by atoms with Crippen molar-refractivity contribution in [3.63, 3.8) is 0 Å². The number of benzene rings is 4. The molecule has 1 N–H and O–H groups in total. The lowest BCUT2D eigenvalue weighted by Crippen LogP contribution is -2.01. The molecule has 0 bridgehead atoms. The van der Waals surface area contributed by atoms with Gasteiger partial charge in [-0.3, -0.25) is 0 Å². The fraction of sp³-hybridized carbons (Fsp3) is 0.308. The van der Waals surface area contributed by atoms with Crippen molar-refractivity contribution in [2.75, 3.05) is 34.0 Å². The molecule has 0 fully saturated rings. The van der Waals surface area contributed by atoms with Crippen LogP contribution in [0.3, 0.4) is 0 Å². The average Bonchev–Trinajstić information content (AvgIpc) is 3.07. The second-order valence-electron chi connectivity index (χ2n) is 11.1. The number of hydrogen-bond acceptors (Lipinski definition) is 4. The molecule has 4 aromatic carbocycles. The Bertz CT molecular complexity index is 1530. The third kappa shape index (κ3) is 9.93. The van der Waals surface area contributed by atoms with Crippen molar-refractivity contribution in [1.29, 1.82) is 5.41 Å². The molecule has 236 valence electrons. The molecule has 6 heteroatoms. The molecule has 0 aromatic heterocycles. The van der Waals surface area contributed by atoms with E-state index in [0.29, 0.717) is 29.9 Å². The number of ether oxygens (including phenoxy) is 3. The lowest BCUT2D eigenvalue weighted by Gasteiger charge is -2.12. The second kappa shape index (κ2) is 18.0. The van der Waals surface area contributed by atoms with Gasteiger partial charge in [0.05, 0.1) is 6.61 Å². The number of hydrogen-bond donors (Lipinski definition) is 1. The van der Waals surface area contributed by atoms with Gasteiger partial charge < -0.3 is 19.6 Å². The number of halogens is 2. The van der Waals surface area contributed by atoms with E-state index in [1.165, 1.54) is 31.0 Å². The molecule has 0 amide bonds. The summed E-state index contributed by atoms with van der Waals surface area (Å²) in [5.41, 5.74) is 5.00. The van der Waals surface area contributed by atoms with Crippen LogP contribution in [0, 0.1) is 17.0 Å². The fourth-order valence-electron chi connectivity index (χ4n) is 5.25. The molecule has 0 aliphatic carbocycles. The Morgan fingerprint density at radius 1 is 0.600 bits per heavy atom. The summed E-state index contributed by atoms with van der Waals surface area (Å²) in [6.45, 7) is 2.08. The molecule has 0 saturated heterocycles. The van der Waals surface area contributed by atoms with Crippen LogP contribution in [-0.2, 0) is 15.9 Å². The highest BCUT2D eigenvalue weighted by Gasteiger charge is 2.18. The lowest BCUT2D eigenvalue weighted by atomic mass is 9.94. The first-order valence-electron chi connectivity index (χ1n) is 15.6. The molecular formula is C39H43F2NO3. The van der Waals surface area contributed by atoms with E-state index in [-0.39, 0.29) is 11.1 Å². The van der Waals surface area contributed by atoms with Crippen molar-refractivity contribution < 1.29 is 23.0 Å². The monoisotopic (exact) mass is 611 g/mol. The van der Waals surface area contributed by atoms with Crippen molar-refractivity contribution in [1.82, 2.24) is 0 Å². The third-order valence-electron chi connectivity index (χ3n) is 7.79. The van der Waals surface area contributed by atoms with E-state index in [1.807, 2.05) is 66.7 Å². The summed E-state index contributed by atoms with van der Waals surface area (Å²) in [4.78, 5) is 0. The van der Waals surface area contributed by atoms with Crippen LogP contribution < -0.4 is 4.74 Å². The van der Waals surface area contributed by atoms with Gasteiger partial charge in [-0.1, -0.05) is 92.1 Å². The molecule has 0 unspecified atom stereocenters. The Balaban J connectivity index is 1.40. The Kier molecular flexibility index (Phi) is 13.5. The number of unbranched alkanes of at least 4 members (excludes halogenated alkanes) is 4. The zero-order valence-electron chi connectivity index (χ0n) is 26.3. The number of nitrogens with one attached hydrogen (secondary N) is 1. The molecule has 0 spiro atoms. The Morgan fingerprint density at radius 2 is 1.20 bits per heavy atom. The van der Waals surface area contributed by atoms with Crippen LogP contribution in [0.4, 0.5) is 8.78 Å². The van der Waals surface area contributed by atoms with E-state index >= 15 is 8.78 Å². The standard InChI is InChI=1S/C39H43F2NO3/c1-43-24-7-5-3-4-6-9-29-12-17-32(18-13-29)36-22-23-37(39(41)38(36)40)35-21-16-31(27-33(35)28-42)11-10-30-14-19-34(20-15-30)45-26-8-25-44-2/h10-23,27-28,42H,3-9,24-26H2,1-2H3/b11-10+,42-28?. The molecule has 0 aliphatic heterocycles. The van der Waals surface area contributed by atoms with E-state index in [1.54, 1.807) is 38.5 Å². The van der Waals surface area contributed by atoms with Crippen LogP contribution in [0.25, 0.3) is 34.4 Å². The van der Waals surface area contributed by atoms with Crippen LogP contribution in [0.1, 0.15) is 60.8 Å². The van der Waals surface area contributed by atoms with E-state index in [2.05, 4.69) is 0 Å². The SMILES string of the molecule is COCCCCCCCc1ccc(-c2ccc(-c3ccc(/C=C/c4ccc(OCCCOC)cc4)cc3C=N)c(F)c2F)cc1. The van der Waals surface area contributed by atoms with Gasteiger partial charge in [-0.05, 0) is 65.3 Å². The molecule has 0 heterocycles. The van der Waals surface area contributed by atoms with Crippen LogP contribution in [0.15, 0.2) is 78.9 Å². The zero-order chi connectivity index (χ0) is 31.9. The second-order valence-corrected chi connectivity index (χ2v) is 11.1. The Labute approximate surface area is 266 Å². The van der Waals surface area contributed by atoms with Crippen molar-refractivity contribution in [3.05, 3.63) is 113 Å². The summed E-state index contributed by atoms with van der Waals surface area (Å²) in [6.07, 6.45) is 12.6. The van der Waals surface area contributed by atoms with Crippen LogP contribution in [0.5, 0.6) is 5.75 Å². The maximum absolute atomic E-state index is 15.5. The Hall–Kier alpha value is -4.13. The van der Waals surface area contributed by atoms with Crippen molar-refractivity contribution in [2.45, 2.75) is 44.9 Å². The first kappa shape index (κ1) is 33.8. The summed E-state index contributed by atoms with van der Waals surface area (Å²) < 4.78 is 46.7. The molecule has 4 nitrogen and oxygen atoms in total. The van der Waals surface area contributed by atoms with Gasteiger partial charge in [0.25, 0.3) is 0 Å². The normalized spacial score (nSPS) is 11.3. The topological polar surface area (TPSA) is 51.5 Å². The number of methoxy groups -OCH3 is 2. The summed E-state index contributed by atoms with van der Waals surface area (Å²) >= 11 is 0. The van der Waals surface area contributed by atoms with Gasteiger partial charge >= 0.3 is 0 Å². The van der Waals surface area contributed by atoms with Crippen molar-refractivity contribution in [2.24, 2.45) is 0 Å². The largest absolute Gasteiger partial charge is 0.494 e. The summed E-state index contributed by atoms with van der Waals surface area (Å²) in [7, 11) is 3.40. The van der Waals surface area contributed by atoms with Crippen molar-refractivity contribution in [3.8, 4) is 28.0 Å². The van der Waals surface area contributed by atoms with Gasteiger partial charge in [0, 0.05) is 56.8 Å². The van der Waals surface area contributed by atoms with Gasteiger partial charge in [-0.25, -0.2) is 8.78 Å². The first-order valence-corrected chi connectivity index (χ1v) is 15.6. The number of aryl methyl sites for hydroxylation is 1. The molecule has 0 saturated carbocycles. The van der Waals surface area contributed by atoms with Gasteiger partial charge in [-0.2, -0.15) is 0 Å². The molecule has 0 aliphatic rings. The number of rotatable bonds is 18. The Morgan fingerprint density at radius 3 is 1.93 bits per heavy atom. The minimum atomic E-state index is -0.916. The summed E-state index contributed by atoms with van der Waals surface area (Å²) in [6, 6.07) is 24.1. The maximum Gasteiger partial charge on any atom is 0.167 e. The van der Waals surface area contributed by atoms with Gasteiger partial charge in [0.2, 0.25) is 0 Å². The van der Waals surface area contributed by atoms with E-state index in [0.717, 1.165) is 49.2 Å². The highest BCUT2D eigenvalue weighted by Crippen LogP contribution is 2.33. The van der Waals surface area contributed by atoms with Gasteiger partial charge in [0.1, 0.15) is 5.75 Å². The fourth-order valence-corrected chi connectivity index (χ4v) is 5.25.